The van der Waals surface area contributed by atoms with Gasteiger partial charge in [-0.15, -0.1) is 5.01 Å². The molecule has 0 bridgehead atoms. The van der Waals surface area contributed by atoms with E-state index in [0.29, 0.717) is 5.69 Å². The molecular weight excluding hydrogens is 236 g/mol. The Morgan fingerprint density at radius 2 is 1.44 bits per heavy atom. The molecule has 18 heavy (non-hydrogen) atoms. The van der Waals surface area contributed by atoms with E-state index in [4.69, 9.17) is 10.2 Å². The number of imide groups is 1. The molecule has 0 unspecified atom stereocenters. The van der Waals surface area contributed by atoms with Gasteiger partial charge in [0, 0.05) is 0 Å². The molecule has 0 aliphatic rings. The van der Waals surface area contributed by atoms with Gasteiger partial charge in [-0.2, -0.15) is 0 Å². The number of hydrogen-bond acceptors (Lipinski definition) is 3. The largest absolute Gasteiger partial charge is 0.463 e. The van der Waals surface area contributed by atoms with Crippen molar-refractivity contribution in [2.24, 2.45) is 0 Å². The predicted molar refractivity (Wildman–Crippen MR) is 66.6 cm³/mol. The van der Waals surface area contributed by atoms with Crippen LogP contribution in [0.25, 0.3) is 0 Å². The fourth-order valence-electron chi connectivity index (χ4n) is 1.62. The van der Waals surface area contributed by atoms with Gasteiger partial charge in [0.1, 0.15) is 0 Å². The lowest BCUT2D eigenvalue weighted by Gasteiger charge is -2.41. The number of carboxylic acid groups (broad SMARTS) is 2. The first kappa shape index (κ1) is 13.8. The van der Waals surface area contributed by atoms with Crippen LogP contribution in [0.1, 0.15) is 20.8 Å². The molecule has 0 aliphatic heterocycles. The summed E-state index contributed by atoms with van der Waals surface area (Å²) >= 11 is 0. The van der Waals surface area contributed by atoms with Crippen molar-refractivity contribution in [3.8, 4) is 0 Å². The second kappa shape index (κ2) is 4.95. The second-order valence-corrected chi connectivity index (χ2v) is 4.70. The van der Waals surface area contributed by atoms with Gasteiger partial charge in [-0.1, -0.05) is 18.2 Å². The SMILES string of the molecule is CC(C)(C)N(c1ccccc1)N(C(=O)O)C(=O)O. The summed E-state index contributed by atoms with van der Waals surface area (Å²) in [5.41, 5.74) is -0.201. The zero-order valence-electron chi connectivity index (χ0n) is 10.5. The van der Waals surface area contributed by atoms with Crippen LogP contribution in [0.15, 0.2) is 30.3 Å². The van der Waals surface area contributed by atoms with Crippen LogP contribution in [-0.2, 0) is 0 Å². The Labute approximate surface area is 105 Å². The molecule has 0 radical (unpaired) electrons. The fourth-order valence-corrected chi connectivity index (χ4v) is 1.62. The maximum atomic E-state index is 11.1. The number of para-hydroxylation sites is 1. The number of nitrogens with zero attached hydrogens (tertiary/aromatic N) is 2. The lowest BCUT2D eigenvalue weighted by atomic mass is 10.1. The van der Waals surface area contributed by atoms with Crippen molar-refractivity contribution in [3.63, 3.8) is 0 Å². The lowest BCUT2D eigenvalue weighted by Crippen LogP contribution is -2.57. The number of benzene rings is 1. The number of hydrazine groups is 1. The first-order chi connectivity index (χ1) is 8.25. The van der Waals surface area contributed by atoms with Crippen LogP contribution in [0, 0.1) is 0 Å². The zero-order chi connectivity index (χ0) is 13.9. The van der Waals surface area contributed by atoms with Crippen molar-refractivity contribution in [1.82, 2.24) is 5.01 Å². The molecule has 1 aromatic carbocycles. The number of rotatable bonds is 2. The third-order valence-electron chi connectivity index (χ3n) is 2.20. The van der Waals surface area contributed by atoms with Crippen molar-refractivity contribution < 1.29 is 19.8 Å². The van der Waals surface area contributed by atoms with Gasteiger partial charge in [-0.25, -0.2) is 9.59 Å². The van der Waals surface area contributed by atoms with Gasteiger partial charge in [-0.05, 0) is 32.9 Å². The molecule has 0 fully saturated rings. The van der Waals surface area contributed by atoms with Crippen LogP contribution >= 0.6 is 0 Å². The Morgan fingerprint density at radius 3 is 1.78 bits per heavy atom. The van der Waals surface area contributed by atoms with Gasteiger partial charge in [0.25, 0.3) is 0 Å². The summed E-state index contributed by atoms with van der Waals surface area (Å²) in [6.07, 6.45) is -3.08. The number of carbonyl (C=O) groups is 2. The highest BCUT2D eigenvalue weighted by Crippen LogP contribution is 2.25. The van der Waals surface area contributed by atoms with E-state index in [0.717, 1.165) is 0 Å². The molecule has 1 aromatic rings. The summed E-state index contributed by atoms with van der Waals surface area (Å²) in [5.74, 6) is 0. The Morgan fingerprint density at radius 1 is 1.00 bits per heavy atom. The average Bonchev–Trinajstić information content (AvgIpc) is 2.24. The molecule has 0 atom stereocenters. The third-order valence-corrected chi connectivity index (χ3v) is 2.20. The van der Waals surface area contributed by atoms with E-state index in [1.165, 1.54) is 5.01 Å². The molecule has 2 N–H and O–H groups in total. The Kier molecular flexibility index (Phi) is 3.80. The minimum absolute atomic E-state index is 0.287. The van der Waals surface area contributed by atoms with Gasteiger partial charge < -0.3 is 10.2 Å². The summed E-state index contributed by atoms with van der Waals surface area (Å²) in [6.45, 7) is 5.20. The molecule has 6 nitrogen and oxygen atoms in total. The molecule has 0 spiro atoms. The fraction of sp³-hybridized carbons (Fsp3) is 0.333. The van der Waals surface area contributed by atoms with E-state index < -0.39 is 17.7 Å². The van der Waals surface area contributed by atoms with Crippen LogP contribution in [0.3, 0.4) is 0 Å². The molecule has 6 heteroatoms. The van der Waals surface area contributed by atoms with Gasteiger partial charge >= 0.3 is 12.2 Å². The van der Waals surface area contributed by atoms with Crippen LogP contribution in [-0.4, -0.2) is 32.9 Å². The van der Waals surface area contributed by atoms with Crippen molar-refractivity contribution in [2.75, 3.05) is 5.01 Å². The second-order valence-electron chi connectivity index (χ2n) is 4.70. The van der Waals surface area contributed by atoms with Crippen molar-refractivity contribution in [3.05, 3.63) is 30.3 Å². The molecule has 0 aromatic heterocycles. The van der Waals surface area contributed by atoms with E-state index in [9.17, 15) is 9.59 Å². The van der Waals surface area contributed by atoms with E-state index >= 15 is 0 Å². The molecular formula is C12H16N2O4. The van der Waals surface area contributed by atoms with E-state index in [1.54, 1.807) is 51.1 Å². The Bertz CT molecular complexity index is 425. The standard InChI is InChI=1S/C12H16N2O4/c1-12(2,3)14(9-7-5-4-6-8-9)13(10(15)16)11(17)18/h4-8H,1-3H3,(H,15,16)(H,17,18). The van der Waals surface area contributed by atoms with Crippen LogP contribution in [0.2, 0.25) is 0 Å². The van der Waals surface area contributed by atoms with Crippen LogP contribution in [0.4, 0.5) is 15.3 Å². The Hall–Kier alpha value is -2.24. The highest BCUT2D eigenvalue weighted by atomic mass is 16.4. The highest BCUT2D eigenvalue weighted by Gasteiger charge is 2.35. The summed E-state index contributed by atoms with van der Waals surface area (Å²) < 4.78 is 0. The topological polar surface area (TPSA) is 81.1 Å². The van der Waals surface area contributed by atoms with E-state index in [1.807, 2.05) is 0 Å². The molecule has 0 aliphatic carbocycles. The lowest BCUT2D eigenvalue weighted by molar-refractivity contribution is 0.108. The van der Waals surface area contributed by atoms with Crippen LogP contribution < -0.4 is 5.01 Å². The van der Waals surface area contributed by atoms with Gasteiger partial charge in [0.15, 0.2) is 0 Å². The van der Waals surface area contributed by atoms with Gasteiger partial charge in [-0.3, -0.25) is 5.01 Å². The summed E-state index contributed by atoms with van der Waals surface area (Å²) in [6, 6.07) is 8.52. The normalized spacial score (nSPS) is 10.8. The number of hydrogen-bond donors (Lipinski definition) is 2. The Balaban J connectivity index is 3.30. The smallest absolute Gasteiger partial charge is 0.436 e. The average molecular weight is 252 g/mol. The maximum Gasteiger partial charge on any atom is 0.436 e. The van der Waals surface area contributed by atoms with Crippen LogP contribution in [0.5, 0.6) is 0 Å². The van der Waals surface area contributed by atoms with E-state index in [2.05, 4.69) is 0 Å². The number of amides is 2. The minimum Gasteiger partial charge on any atom is -0.463 e. The first-order valence-corrected chi connectivity index (χ1v) is 5.36. The van der Waals surface area contributed by atoms with E-state index in [-0.39, 0.29) is 5.01 Å². The molecule has 98 valence electrons. The number of anilines is 1. The zero-order valence-corrected chi connectivity index (χ0v) is 10.5. The molecule has 0 saturated heterocycles. The minimum atomic E-state index is -1.54. The van der Waals surface area contributed by atoms with Gasteiger partial charge in [0.05, 0.1) is 11.2 Å². The summed E-state index contributed by atoms with van der Waals surface area (Å²) in [7, 11) is 0. The summed E-state index contributed by atoms with van der Waals surface area (Å²) in [4.78, 5) is 22.2. The van der Waals surface area contributed by atoms with Gasteiger partial charge in [0.2, 0.25) is 0 Å². The molecule has 0 heterocycles. The van der Waals surface area contributed by atoms with Crippen molar-refractivity contribution in [1.29, 1.82) is 0 Å². The molecule has 2 amide bonds. The summed E-state index contributed by atoms with van der Waals surface area (Å²) in [5, 5.41) is 19.6. The van der Waals surface area contributed by atoms with Crippen molar-refractivity contribution >= 4 is 17.9 Å². The monoisotopic (exact) mass is 252 g/mol. The predicted octanol–water partition coefficient (Wildman–Crippen LogP) is 2.86. The molecule has 1 rings (SSSR count). The first-order valence-electron chi connectivity index (χ1n) is 5.36. The van der Waals surface area contributed by atoms with Crippen molar-refractivity contribution in [2.45, 2.75) is 26.3 Å². The highest BCUT2D eigenvalue weighted by molar-refractivity contribution is 5.88. The quantitative estimate of drug-likeness (QED) is 0.791. The molecule has 0 saturated carbocycles. The third kappa shape index (κ3) is 2.91. The maximum absolute atomic E-state index is 11.1.